The smallest absolute Gasteiger partial charge is 0.00187 e. The number of rotatable bonds is 31. The normalized spacial score (nSPS) is 12.0. The van der Waals surface area contributed by atoms with E-state index in [9.17, 15) is 0 Å². The van der Waals surface area contributed by atoms with Gasteiger partial charge in [-0.2, -0.15) is 0 Å². The fraction of sp³-hybridized carbons (Fsp3) is 1.00. The van der Waals surface area contributed by atoms with Gasteiger partial charge >= 0.3 is 0 Å². The van der Waals surface area contributed by atoms with Gasteiger partial charge in [0.2, 0.25) is 0 Å². The van der Waals surface area contributed by atoms with Crippen LogP contribution in [0, 0.1) is 11.8 Å². The molecule has 0 aliphatic carbocycles. The molecule has 0 aromatic carbocycles. The lowest BCUT2D eigenvalue weighted by Crippen LogP contribution is -2.27. The van der Waals surface area contributed by atoms with Gasteiger partial charge in [-0.05, 0) is 50.7 Å². The molecule has 224 valence electrons. The zero-order valence-electron chi connectivity index (χ0n) is 27.1. The van der Waals surface area contributed by atoms with Gasteiger partial charge in [0.05, 0.1) is 0 Å². The van der Waals surface area contributed by atoms with Crippen molar-refractivity contribution in [3.8, 4) is 0 Å². The third kappa shape index (κ3) is 32.1. The van der Waals surface area contributed by atoms with Crippen molar-refractivity contribution >= 4 is 0 Å². The second-order valence-electron chi connectivity index (χ2n) is 13.3. The summed E-state index contributed by atoms with van der Waals surface area (Å²) in [6, 6.07) is 0. The maximum absolute atomic E-state index is 2.83. The van der Waals surface area contributed by atoms with E-state index in [0.717, 1.165) is 11.8 Å². The highest BCUT2D eigenvalue weighted by molar-refractivity contribution is 4.61. The molecule has 0 aliphatic heterocycles. The summed E-state index contributed by atoms with van der Waals surface area (Å²) < 4.78 is 0. The van der Waals surface area contributed by atoms with Crippen molar-refractivity contribution in [2.24, 2.45) is 11.8 Å². The molecule has 0 atom stereocenters. The van der Waals surface area contributed by atoms with Crippen LogP contribution >= 0.6 is 0 Å². The van der Waals surface area contributed by atoms with Crippen molar-refractivity contribution in [3.63, 3.8) is 0 Å². The minimum absolute atomic E-state index is 0.877. The van der Waals surface area contributed by atoms with Gasteiger partial charge in [-0.25, -0.2) is 0 Å². The lowest BCUT2D eigenvalue weighted by molar-refractivity contribution is 0.253. The molecule has 0 radical (unpaired) electrons. The average Bonchev–Trinajstić information content (AvgIpc) is 2.86. The van der Waals surface area contributed by atoms with Crippen molar-refractivity contribution in [2.75, 3.05) is 19.6 Å². The molecular weight excluding hydrogens is 446 g/mol. The Morgan fingerprint density at radius 2 is 0.568 bits per heavy atom. The third-order valence-corrected chi connectivity index (χ3v) is 8.34. The van der Waals surface area contributed by atoms with Crippen LogP contribution in [0.4, 0.5) is 0 Å². The maximum atomic E-state index is 2.83. The molecule has 0 spiro atoms. The Labute approximate surface area is 237 Å². The molecule has 0 rings (SSSR count). The lowest BCUT2D eigenvalue weighted by Gasteiger charge is -2.22. The Balaban J connectivity index is 3.72. The van der Waals surface area contributed by atoms with Crippen molar-refractivity contribution in [1.29, 1.82) is 0 Å². The summed E-state index contributed by atoms with van der Waals surface area (Å²) in [7, 11) is 0. The van der Waals surface area contributed by atoms with Crippen LogP contribution in [0.2, 0.25) is 0 Å². The first kappa shape index (κ1) is 37.0. The Bertz CT molecular complexity index is 381. The van der Waals surface area contributed by atoms with Crippen molar-refractivity contribution in [1.82, 2.24) is 4.90 Å². The van der Waals surface area contributed by atoms with E-state index in [1.807, 2.05) is 0 Å². The first-order chi connectivity index (χ1) is 18.1. The molecule has 1 nitrogen and oxygen atoms in total. The van der Waals surface area contributed by atoms with Gasteiger partial charge in [0, 0.05) is 0 Å². The predicted octanol–water partition coefficient (Wildman–Crippen LogP) is 12.8. The average molecular weight is 522 g/mol. The first-order valence-corrected chi connectivity index (χ1v) is 17.8. The summed E-state index contributed by atoms with van der Waals surface area (Å²) in [6.07, 6.45) is 37.8. The summed E-state index contributed by atoms with van der Waals surface area (Å²) >= 11 is 0. The van der Waals surface area contributed by atoms with Crippen LogP contribution < -0.4 is 0 Å². The lowest BCUT2D eigenvalue weighted by atomic mass is 10.0. The van der Waals surface area contributed by atoms with Crippen LogP contribution in [-0.4, -0.2) is 24.5 Å². The molecule has 0 aromatic rings. The zero-order valence-corrected chi connectivity index (χ0v) is 27.1. The van der Waals surface area contributed by atoms with E-state index in [1.54, 1.807) is 0 Å². The second-order valence-corrected chi connectivity index (χ2v) is 13.3. The fourth-order valence-electron chi connectivity index (χ4n) is 5.70. The number of nitrogens with zero attached hydrogens (tertiary/aromatic N) is 1. The number of hydrogen-bond acceptors (Lipinski definition) is 1. The number of hydrogen-bond donors (Lipinski definition) is 0. The van der Waals surface area contributed by atoms with Gasteiger partial charge < -0.3 is 4.90 Å². The van der Waals surface area contributed by atoms with Gasteiger partial charge in [-0.15, -0.1) is 0 Å². The Morgan fingerprint density at radius 3 is 0.838 bits per heavy atom. The van der Waals surface area contributed by atoms with Crippen LogP contribution in [0.15, 0.2) is 0 Å². The van der Waals surface area contributed by atoms with Crippen LogP contribution in [0.3, 0.4) is 0 Å². The standard InChI is InChI=1S/C36H75N/c1-6-7-8-9-10-11-12-13-14-15-16-17-18-19-22-27-32-37(33-28-23-20-25-30-35(2)3)34-29-24-21-26-31-36(4)5/h35-36H,6-34H2,1-5H3. The van der Waals surface area contributed by atoms with Crippen LogP contribution in [0.25, 0.3) is 0 Å². The summed E-state index contributed by atoms with van der Waals surface area (Å²) in [5.41, 5.74) is 0. The van der Waals surface area contributed by atoms with Crippen molar-refractivity contribution < 1.29 is 0 Å². The molecule has 1 heteroatoms. The van der Waals surface area contributed by atoms with E-state index in [4.69, 9.17) is 0 Å². The second kappa shape index (κ2) is 30.5. The van der Waals surface area contributed by atoms with Gasteiger partial charge in [-0.3, -0.25) is 0 Å². The molecule has 0 N–H and O–H groups in total. The van der Waals surface area contributed by atoms with Crippen molar-refractivity contribution in [2.45, 2.75) is 202 Å². The van der Waals surface area contributed by atoms with E-state index in [2.05, 4.69) is 39.5 Å². The Kier molecular flexibility index (Phi) is 30.5. The quantitative estimate of drug-likeness (QED) is 0.0820. The largest absolute Gasteiger partial charge is 0.303 e. The minimum atomic E-state index is 0.877. The minimum Gasteiger partial charge on any atom is -0.303 e. The number of unbranched alkanes of at least 4 members (excludes halogenated alkanes) is 21. The van der Waals surface area contributed by atoms with E-state index in [1.165, 1.54) is 187 Å². The summed E-state index contributed by atoms with van der Waals surface area (Å²) in [6.45, 7) is 15.8. The van der Waals surface area contributed by atoms with Gasteiger partial charge in [-0.1, -0.05) is 182 Å². The molecule has 0 aromatic heterocycles. The van der Waals surface area contributed by atoms with Crippen molar-refractivity contribution in [3.05, 3.63) is 0 Å². The van der Waals surface area contributed by atoms with Crippen LogP contribution in [0.5, 0.6) is 0 Å². The molecule has 0 saturated carbocycles. The van der Waals surface area contributed by atoms with E-state index >= 15 is 0 Å². The molecule has 0 bridgehead atoms. The van der Waals surface area contributed by atoms with Crippen LogP contribution in [-0.2, 0) is 0 Å². The molecular formula is C36H75N. The Hall–Kier alpha value is -0.0400. The third-order valence-electron chi connectivity index (χ3n) is 8.34. The molecule has 0 aliphatic rings. The highest BCUT2D eigenvalue weighted by Crippen LogP contribution is 2.15. The molecule has 0 heterocycles. The highest BCUT2D eigenvalue weighted by atomic mass is 15.1. The molecule has 0 saturated heterocycles. The Morgan fingerprint density at radius 1 is 0.324 bits per heavy atom. The topological polar surface area (TPSA) is 3.24 Å². The summed E-state index contributed by atoms with van der Waals surface area (Å²) in [5.74, 6) is 1.75. The van der Waals surface area contributed by atoms with E-state index < -0.39 is 0 Å². The molecule has 0 unspecified atom stereocenters. The summed E-state index contributed by atoms with van der Waals surface area (Å²) in [4.78, 5) is 2.83. The van der Waals surface area contributed by atoms with Gasteiger partial charge in [0.15, 0.2) is 0 Å². The van der Waals surface area contributed by atoms with Gasteiger partial charge in [0.25, 0.3) is 0 Å². The van der Waals surface area contributed by atoms with Gasteiger partial charge in [0.1, 0.15) is 0 Å². The SMILES string of the molecule is CCCCCCCCCCCCCCCCCCN(CCCCCCC(C)C)CCCCCCC(C)C. The predicted molar refractivity (Wildman–Crippen MR) is 172 cm³/mol. The monoisotopic (exact) mass is 522 g/mol. The fourth-order valence-corrected chi connectivity index (χ4v) is 5.70. The van der Waals surface area contributed by atoms with E-state index in [0.29, 0.717) is 0 Å². The zero-order chi connectivity index (χ0) is 27.2. The molecule has 37 heavy (non-hydrogen) atoms. The summed E-state index contributed by atoms with van der Waals surface area (Å²) in [5, 5.41) is 0. The first-order valence-electron chi connectivity index (χ1n) is 17.8. The van der Waals surface area contributed by atoms with Crippen LogP contribution in [0.1, 0.15) is 202 Å². The van der Waals surface area contributed by atoms with E-state index in [-0.39, 0.29) is 0 Å². The maximum Gasteiger partial charge on any atom is -0.00187 e. The highest BCUT2D eigenvalue weighted by Gasteiger charge is 2.05. The molecule has 0 amide bonds. The molecule has 0 fully saturated rings.